The summed E-state index contributed by atoms with van der Waals surface area (Å²) < 4.78 is 86.0. The third-order valence-electron chi connectivity index (χ3n) is 13.1. The number of ketones is 1. The average Bonchev–Trinajstić information content (AvgIpc) is 3.55. The zero-order chi connectivity index (χ0) is 58.2. The quantitative estimate of drug-likeness (QED) is 0.0355. The van der Waals surface area contributed by atoms with E-state index in [1.54, 1.807) is 49.6 Å². The first-order valence-corrected chi connectivity index (χ1v) is 31.2. The van der Waals surface area contributed by atoms with Gasteiger partial charge in [-0.1, -0.05) is 77.6 Å². The zero-order valence-electron chi connectivity index (χ0n) is 45.8. The second-order valence-corrected chi connectivity index (χ2v) is 25.0. The molecule has 1 amide bonds. The number of aliphatic hydroxyl groups excluding tert-OH is 2. The van der Waals surface area contributed by atoms with Crippen molar-refractivity contribution in [3.05, 3.63) is 126 Å². The first-order chi connectivity index (χ1) is 38.3. The van der Waals surface area contributed by atoms with Crippen LogP contribution in [0, 0.1) is 0 Å². The van der Waals surface area contributed by atoms with Crippen LogP contribution in [0.15, 0.2) is 82.6 Å². The van der Waals surface area contributed by atoms with Crippen molar-refractivity contribution in [3.63, 3.8) is 0 Å². The summed E-state index contributed by atoms with van der Waals surface area (Å²) in [6.45, 7) is 8.55. The maximum Gasteiger partial charge on any atom is 0.252 e. The molecule has 2 aliphatic rings. The van der Waals surface area contributed by atoms with E-state index in [0.717, 1.165) is 52.9 Å². The molecule has 4 aromatic carbocycles. The van der Waals surface area contributed by atoms with Crippen LogP contribution in [-0.2, 0) is 71.0 Å². The fraction of sp³-hybridized carbons (Fsp3) is 0.536. The van der Waals surface area contributed by atoms with Crippen LogP contribution in [0.1, 0.15) is 77.8 Å². The summed E-state index contributed by atoms with van der Waals surface area (Å²) >= 11 is 25.5. The van der Waals surface area contributed by atoms with Gasteiger partial charge in [0.05, 0.1) is 68.4 Å². The monoisotopic (exact) mass is 1230 g/mol. The van der Waals surface area contributed by atoms with Crippen molar-refractivity contribution < 1.29 is 65.1 Å². The molecule has 4 N–H and O–H groups in total. The van der Waals surface area contributed by atoms with Crippen LogP contribution in [0.2, 0.25) is 20.1 Å². The number of halogens is 4. The average molecular weight is 1240 g/mol. The number of amides is 1. The van der Waals surface area contributed by atoms with Gasteiger partial charge in [0.15, 0.2) is 21.7 Å². The van der Waals surface area contributed by atoms with E-state index in [0.29, 0.717) is 84.0 Å². The van der Waals surface area contributed by atoms with Gasteiger partial charge in [0.2, 0.25) is 10.0 Å². The van der Waals surface area contributed by atoms with Gasteiger partial charge in [0.1, 0.15) is 6.10 Å². The highest BCUT2D eigenvalue weighted by Gasteiger charge is 2.31. The lowest BCUT2D eigenvalue weighted by Crippen LogP contribution is -2.46. The molecule has 0 fully saturated rings. The molecule has 2 aliphatic heterocycles. The molecule has 80 heavy (non-hydrogen) atoms. The van der Waals surface area contributed by atoms with Crippen LogP contribution in [0.4, 0.5) is 0 Å². The maximum atomic E-state index is 13.0. The first kappa shape index (κ1) is 67.4. The van der Waals surface area contributed by atoms with Crippen LogP contribution < -0.4 is 10.0 Å². The predicted molar refractivity (Wildman–Crippen MR) is 310 cm³/mol. The molecule has 24 heteroatoms. The van der Waals surface area contributed by atoms with Crippen molar-refractivity contribution in [2.75, 3.05) is 126 Å². The second-order valence-electron chi connectivity index (χ2n) is 19.4. The minimum Gasteiger partial charge on any atom is -0.382 e. The molecule has 0 radical (unpaired) electrons. The summed E-state index contributed by atoms with van der Waals surface area (Å²) in [6, 6.07) is 21.5. The van der Waals surface area contributed by atoms with E-state index in [1.807, 2.05) is 51.4 Å². The lowest BCUT2D eigenvalue weighted by molar-refractivity contribution is -0.145. The number of hydrogen-bond donors (Lipinski definition) is 4. The van der Waals surface area contributed by atoms with E-state index in [-0.39, 0.29) is 81.6 Å². The number of nitrogens with one attached hydrogen (secondary N) is 2. The predicted octanol–water partition coefficient (Wildman–Crippen LogP) is 6.91. The number of methoxy groups -OCH3 is 1. The first-order valence-electron chi connectivity index (χ1n) is 26.6. The fourth-order valence-electron chi connectivity index (χ4n) is 9.08. The number of nitrogens with zero attached hydrogens (tertiary/aromatic N) is 2. The molecule has 444 valence electrons. The third-order valence-corrected chi connectivity index (χ3v) is 17.5. The molecular formula is C56H76Cl4N4O14S2. The minimum absolute atomic E-state index is 0.0167. The minimum atomic E-state index is -3.79. The van der Waals surface area contributed by atoms with Gasteiger partial charge in [0, 0.05) is 105 Å². The zero-order valence-corrected chi connectivity index (χ0v) is 50.5. The van der Waals surface area contributed by atoms with E-state index >= 15 is 0 Å². The Morgan fingerprint density at radius 1 is 0.625 bits per heavy atom. The van der Waals surface area contributed by atoms with Crippen LogP contribution in [0.3, 0.4) is 0 Å². The van der Waals surface area contributed by atoms with E-state index in [1.165, 1.54) is 0 Å². The number of carbonyl (C=O) groups is 2. The molecule has 0 aromatic heterocycles. The summed E-state index contributed by atoms with van der Waals surface area (Å²) in [5.74, 6) is -1.52. The number of sulfonamides is 1. The van der Waals surface area contributed by atoms with E-state index in [9.17, 15) is 36.6 Å². The number of carbonyl (C=O) groups excluding carboxylic acids is 2. The highest BCUT2D eigenvalue weighted by Crippen LogP contribution is 2.40. The number of sulfone groups is 1. The molecule has 0 aliphatic carbocycles. The van der Waals surface area contributed by atoms with Gasteiger partial charge in [0.25, 0.3) is 5.91 Å². The Morgan fingerprint density at radius 3 is 1.68 bits per heavy atom. The van der Waals surface area contributed by atoms with Crippen LogP contribution in [-0.4, -0.2) is 187 Å². The number of aliphatic hydroxyl groups is 2. The van der Waals surface area contributed by atoms with E-state index < -0.39 is 43.8 Å². The van der Waals surface area contributed by atoms with Gasteiger partial charge in [-0.25, -0.2) is 21.6 Å². The molecule has 0 bridgehead atoms. The summed E-state index contributed by atoms with van der Waals surface area (Å²) in [7, 11) is -1.57. The van der Waals surface area contributed by atoms with Crippen LogP contribution in [0.25, 0.3) is 0 Å². The molecule has 18 nitrogen and oxygen atoms in total. The lowest BCUT2D eigenvalue weighted by Gasteiger charge is -2.33. The number of ether oxygens (including phenoxy) is 6. The van der Waals surface area contributed by atoms with Gasteiger partial charge in [-0.3, -0.25) is 9.59 Å². The van der Waals surface area contributed by atoms with E-state index in [4.69, 9.17) is 74.8 Å². The summed E-state index contributed by atoms with van der Waals surface area (Å²) in [6.07, 6.45) is -1.98. The third kappa shape index (κ3) is 21.4. The van der Waals surface area contributed by atoms with Gasteiger partial charge < -0.3 is 53.8 Å². The number of rotatable bonds is 33. The van der Waals surface area contributed by atoms with Crippen molar-refractivity contribution in [3.8, 4) is 0 Å². The van der Waals surface area contributed by atoms with Crippen LogP contribution >= 0.6 is 46.4 Å². The Morgan fingerprint density at radius 2 is 1.11 bits per heavy atom. The van der Waals surface area contributed by atoms with Gasteiger partial charge in [-0.2, -0.15) is 0 Å². The number of likely N-dealkylation sites (N-methyl/N-ethyl adjacent to an activating group) is 2. The molecule has 2 heterocycles. The molecule has 6 rings (SSSR count). The normalized spacial score (nSPS) is 16.5. The number of hydrogen-bond acceptors (Lipinski definition) is 16. The summed E-state index contributed by atoms with van der Waals surface area (Å²) in [5.41, 5.74) is 5.91. The Bertz CT molecular complexity index is 2840. The van der Waals surface area contributed by atoms with Crippen LogP contribution in [0.5, 0.6) is 0 Å². The van der Waals surface area contributed by atoms with Crippen molar-refractivity contribution in [1.29, 1.82) is 0 Å². The SMILES string of the molecule is CCCOCCCS(=O)(=O)c1cccc(C2CN(C)Cc3c(Cl)cc(Cl)cc32)c1.COCCOCCCC(=O)C(O)C(O)C(=O)NCCOCCOCCOCCNS(=O)(=O)c1cccc(C2CN(C)Cc3c(Cl)cc(Cl)cc32)c1. The van der Waals surface area contributed by atoms with Gasteiger partial charge in [-0.15, -0.1) is 0 Å². The number of benzene rings is 4. The number of fused-ring (bicyclic) bond motifs is 2. The van der Waals surface area contributed by atoms with Gasteiger partial charge in [-0.05, 0) is 115 Å². The highest BCUT2D eigenvalue weighted by molar-refractivity contribution is 7.91. The van der Waals surface area contributed by atoms with Crippen molar-refractivity contribution in [2.24, 2.45) is 0 Å². The van der Waals surface area contributed by atoms with E-state index in [2.05, 4.69) is 19.8 Å². The standard InChI is InChI=1S/C34H49Cl2N3O11S.C22H27Cl2NO3S/c1-39-22-28(27-20-25(35)21-30(36)29(27)23-39)24-5-3-6-26(19-24)51(44,45)38-9-12-49-16-18-50-17-15-48-11-8-37-34(43)33(42)32(41)31(40)7-4-10-47-14-13-46-2;1-3-8-28-9-5-10-29(26,27)18-7-4-6-16(11-18)20-14-25(2)15-21-19(20)12-17(23)13-22(21)24/h3,5-6,19-21,28,32-33,38,41-42H,4,7-18,22-23H2,1-2H3,(H,37,43);4,6-7,11-13,20H,3,5,8-10,14-15H2,1-2H3. The largest absolute Gasteiger partial charge is 0.382 e. The fourth-order valence-corrected chi connectivity index (χ4v) is 12.6. The molecule has 4 atom stereocenters. The Kier molecular flexibility index (Phi) is 29.0. The lowest BCUT2D eigenvalue weighted by atomic mass is 9.85. The Labute approximate surface area is 491 Å². The van der Waals surface area contributed by atoms with Crippen molar-refractivity contribution in [2.45, 2.75) is 79.5 Å². The topological polar surface area (TPSA) is 229 Å². The molecule has 4 unspecified atom stereocenters. The van der Waals surface area contributed by atoms with Gasteiger partial charge >= 0.3 is 0 Å². The Hall–Kier alpha value is -3.36. The van der Waals surface area contributed by atoms with Crippen molar-refractivity contribution in [1.82, 2.24) is 19.8 Å². The molecule has 0 saturated carbocycles. The number of Topliss-reactive ketones (excluding diaryl/α,β-unsaturated/α-hetero) is 1. The molecule has 0 spiro atoms. The molecule has 4 aromatic rings. The van der Waals surface area contributed by atoms with Crippen molar-refractivity contribution >= 4 is 78.0 Å². The maximum absolute atomic E-state index is 13.0. The Balaban J connectivity index is 0.000000341. The second kappa shape index (κ2) is 34.4. The summed E-state index contributed by atoms with van der Waals surface area (Å²) in [4.78, 5) is 28.9. The smallest absolute Gasteiger partial charge is 0.252 e. The summed E-state index contributed by atoms with van der Waals surface area (Å²) in [5, 5.41) is 24.7. The molecule has 0 saturated heterocycles. The highest BCUT2D eigenvalue weighted by atomic mass is 35.5. The molecular weight excluding hydrogens is 1160 g/mol.